The lowest BCUT2D eigenvalue weighted by atomic mass is 10.1. The first-order valence-electron chi connectivity index (χ1n) is 10.8. The van der Waals surface area contributed by atoms with E-state index in [4.69, 9.17) is 9.73 Å². The number of H-pyrrole nitrogens is 1. The Labute approximate surface area is 178 Å². The number of aromatic amines is 1. The summed E-state index contributed by atoms with van der Waals surface area (Å²) in [7, 11) is 0. The number of benzene rings is 2. The third kappa shape index (κ3) is 4.94. The normalized spacial score (nSPS) is 14.8. The lowest BCUT2D eigenvalue weighted by Crippen LogP contribution is -2.38. The maximum Gasteiger partial charge on any atom is 0.191 e. The molecule has 1 aromatic heterocycles. The van der Waals surface area contributed by atoms with Crippen molar-refractivity contribution in [2.45, 2.75) is 19.9 Å². The Morgan fingerprint density at radius 1 is 1.03 bits per heavy atom. The van der Waals surface area contributed by atoms with Crippen molar-refractivity contribution in [3.63, 3.8) is 0 Å². The number of aromatic nitrogens is 1. The van der Waals surface area contributed by atoms with Crippen molar-refractivity contribution in [3.8, 4) is 0 Å². The predicted molar refractivity (Wildman–Crippen MR) is 124 cm³/mol. The number of hydrogen-bond donors (Lipinski definition) is 3. The number of nitrogens with one attached hydrogen (secondary N) is 3. The molecule has 4 rings (SSSR count). The zero-order valence-electron chi connectivity index (χ0n) is 17.7. The van der Waals surface area contributed by atoms with Gasteiger partial charge in [-0.25, -0.2) is 4.99 Å². The number of ether oxygens (including phenoxy) is 1. The van der Waals surface area contributed by atoms with Gasteiger partial charge in [0.2, 0.25) is 0 Å². The second-order valence-electron chi connectivity index (χ2n) is 7.46. The summed E-state index contributed by atoms with van der Waals surface area (Å²) in [5, 5.41) is 8.14. The number of nitrogens with zero attached hydrogens (tertiary/aromatic N) is 2. The number of guanidine groups is 1. The van der Waals surface area contributed by atoms with Crippen LogP contribution in [0.3, 0.4) is 0 Å². The van der Waals surface area contributed by atoms with Gasteiger partial charge in [-0.2, -0.15) is 0 Å². The SMILES string of the molecule is CCNC(=NCc1ccccc1N1CCOCC1)NCCc1c[nH]c2ccccc12. The van der Waals surface area contributed by atoms with Gasteiger partial charge in [0.1, 0.15) is 0 Å². The van der Waals surface area contributed by atoms with Crippen LogP contribution in [0, 0.1) is 0 Å². The molecule has 30 heavy (non-hydrogen) atoms. The average Bonchev–Trinajstić information content (AvgIpc) is 3.21. The molecule has 0 saturated carbocycles. The van der Waals surface area contributed by atoms with Crippen molar-refractivity contribution in [1.29, 1.82) is 0 Å². The van der Waals surface area contributed by atoms with E-state index in [1.807, 2.05) is 0 Å². The Morgan fingerprint density at radius 3 is 2.70 bits per heavy atom. The number of fused-ring (bicyclic) bond motifs is 1. The monoisotopic (exact) mass is 405 g/mol. The Hall–Kier alpha value is -2.99. The molecule has 0 unspecified atom stereocenters. The van der Waals surface area contributed by atoms with Crippen molar-refractivity contribution in [2.75, 3.05) is 44.3 Å². The van der Waals surface area contributed by atoms with Gasteiger partial charge in [0.15, 0.2) is 5.96 Å². The Balaban J connectivity index is 1.39. The van der Waals surface area contributed by atoms with Crippen LogP contribution < -0.4 is 15.5 Å². The number of aliphatic imine (C=N–C) groups is 1. The molecular formula is C24H31N5O. The first-order valence-corrected chi connectivity index (χ1v) is 10.8. The van der Waals surface area contributed by atoms with E-state index in [1.165, 1.54) is 27.7 Å². The van der Waals surface area contributed by atoms with Crippen molar-refractivity contribution < 1.29 is 4.74 Å². The Bertz CT molecular complexity index is 974. The molecule has 2 heterocycles. The fraction of sp³-hybridized carbons (Fsp3) is 0.375. The number of hydrogen-bond acceptors (Lipinski definition) is 3. The highest BCUT2D eigenvalue weighted by molar-refractivity contribution is 5.83. The molecule has 0 aliphatic carbocycles. The van der Waals surface area contributed by atoms with E-state index in [0.717, 1.165) is 51.8 Å². The summed E-state index contributed by atoms with van der Waals surface area (Å²) in [5.41, 5.74) is 5.02. The van der Waals surface area contributed by atoms with Gasteiger partial charge in [0.05, 0.1) is 19.8 Å². The molecule has 6 heteroatoms. The fourth-order valence-corrected chi connectivity index (χ4v) is 3.92. The quantitative estimate of drug-likeness (QED) is 0.417. The fourth-order valence-electron chi connectivity index (χ4n) is 3.92. The predicted octanol–water partition coefficient (Wildman–Crippen LogP) is 3.30. The second kappa shape index (κ2) is 10.2. The number of rotatable bonds is 7. The topological polar surface area (TPSA) is 64.7 Å². The van der Waals surface area contributed by atoms with Gasteiger partial charge in [0, 0.05) is 49.0 Å². The molecule has 0 spiro atoms. The van der Waals surface area contributed by atoms with Gasteiger partial charge < -0.3 is 25.3 Å². The molecule has 0 radical (unpaired) electrons. The molecule has 6 nitrogen and oxygen atoms in total. The zero-order valence-corrected chi connectivity index (χ0v) is 17.7. The molecule has 3 N–H and O–H groups in total. The van der Waals surface area contributed by atoms with E-state index in [0.29, 0.717) is 6.54 Å². The first kappa shape index (κ1) is 20.3. The van der Waals surface area contributed by atoms with E-state index in [1.54, 1.807) is 0 Å². The first-order chi connectivity index (χ1) is 14.8. The molecule has 158 valence electrons. The van der Waals surface area contributed by atoms with E-state index in [-0.39, 0.29) is 0 Å². The second-order valence-corrected chi connectivity index (χ2v) is 7.46. The van der Waals surface area contributed by atoms with Gasteiger partial charge >= 0.3 is 0 Å². The van der Waals surface area contributed by atoms with Gasteiger partial charge in [-0.05, 0) is 36.6 Å². The lowest BCUT2D eigenvalue weighted by Gasteiger charge is -2.30. The van der Waals surface area contributed by atoms with E-state index in [9.17, 15) is 0 Å². The summed E-state index contributed by atoms with van der Waals surface area (Å²) in [6.45, 7) is 7.86. The third-order valence-corrected chi connectivity index (χ3v) is 5.46. The average molecular weight is 406 g/mol. The van der Waals surface area contributed by atoms with Gasteiger partial charge in [-0.15, -0.1) is 0 Å². The summed E-state index contributed by atoms with van der Waals surface area (Å²) < 4.78 is 5.50. The summed E-state index contributed by atoms with van der Waals surface area (Å²) >= 11 is 0. The van der Waals surface area contributed by atoms with E-state index < -0.39 is 0 Å². The largest absolute Gasteiger partial charge is 0.378 e. The smallest absolute Gasteiger partial charge is 0.191 e. The van der Waals surface area contributed by atoms with Gasteiger partial charge in [-0.1, -0.05) is 36.4 Å². The highest BCUT2D eigenvalue weighted by atomic mass is 16.5. The van der Waals surface area contributed by atoms with Crippen LogP contribution in [0.1, 0.15) is 18.1 Å². The molecule has 1 aliphatic rings. The number of morpholine rings is 1. The summed E-state index contributed by atoms with van der Waals surface area (Å²) in [6.07, 6.45) is 3.05. The van der Waals surface area contributed by atoms with Crippen LogP contribution in [0.15, 0.2) is 59.7 Å². The molecule has 0 atom stereocenters. The van der Waals surface area contributed by atoms with Crippen molar-refractivity contribution in [3.05, 3.63) is 65.9 Å². The minimum Gasteiger partial charge on any atom is -0.378 e. The Kier molecular flexibility index (Phi) is 6.87. The molecule has 2 aromatic carbocycles. The molecule has 1 saturated heterocycles. The maximum atomic E-state index is 5.50. The standard InChI is InChI=1S/C24H31N5O/c1-2-25-24(26-12-11-19-17-27-22-9-5-4-8-21(19)22)28-18-20-7-3-6-10-23(20)29-13-15-30-16-14-29/h3-10,17,27H,2,11-16,18H2,1H3,(H2,25,26,28). The minimum absolute atomic E-state index is 0.649. The maximum absolute atomic E-state index is 5.50. The highest BCUT2D eigenvalue weighted by Crippen LogP contribution is 2.22. The van der Waals surface area contributed by atoms with Crippen LogP contribution >= 0.6 is 0 Å². The number of anilines is 1. The molecule has 0 bridgehead atoms. The van der Waals surface area contributed by atoms with Crippen molar-refractivity contribution in [2.24, 2.45) is 4.99 Å². The summed E-state index contributed by atoms with van der Waals surface area (Å²) in [4.78, 5) is 10.6. The highest BCUT2D eigenvalue weighted by Gasteiger charge is 2.14. The molecule has 0 amide bonds. The summed E-state index contributed by atoms with van der Waals surface area (Å²) in [5.74, 6) is 0.856. The van der Waals surface area contributed by atoms with Crippen LogP contribution in [0.25, 0.3) is 10.9 Å². The van der Waals surface area contributed by atoms with Gasteiger partial charge in [-0.3, -0.25) is 0 Å². The van der Waals surface area contributed by atoms with E-state index in [2.05, 4.69) is 82.2 Å². The van der Waals surface area contributed by atoms with Crippen LogP contribution in [0.5, 0.6) is 0 Å². The lowest BCUT2D eigenvalue weighted by molar-refractivity contribution is 0.122. The van der Waals surface area contributed by atoms with Crippen molar-refractivity contribution in [1.82, 2.24) is 15.6 Å². The van der Waals surface area contributed by atoms with E-state index >= 15 is 0 Å². The van der Waals surface area contributed by atoms with Gasteiger partial charge in [0.25, 0.3) is 0 Å². The molecule has 1 fully saturated rings. The molecule has 1 aliphatic heterocycles. The van der Waals surface area contributed by atoms with Crippen molar-refractivity contribution >= 4 is 22.5 Å². The zero-order chi connectivity index (χ0) is 20.6. The summed E-state index contributed by atoms with van der Waals surface area (Å²) in [6, 6.07) is 17.0. The van der Waals surface area contributed by atoms with Crippen LogP contribution in [-0.2, 0) is 17.7 Å². The third-order valence-electron chi connectivity index (χ3n) is 5.46. The molecular weight excluding hydrogens is 374 g/mol. The van der Waals surface area contributed by atoms with Crippen LogP contribution in [0.2, 0.25) is 0 Å². The van der Waals surface area contributed by atoms with Crippen LogP contribution in [-0.4, -0.2) is 50.3 Å². The molecule has 3 aromatic rings. The Morgan fingerprint density at radius 2 is 1.83 bits per heavy atom. The van der Waals surface area contributed by atoms with Crippen LogP contribution in [0.4, 0.5) is 5.69 Å². The minimum atomic E-state index is 0.649. The number of para-hydroxylation sites is 2.